The van der Waals surface area contributed by atoms with Crippen molar-refractivity contribution in [3.05, 3.63) is 0 Å². The first-order valence-electron chi connectivity index (χ1n) is 5.33. The summed E-state index contributed by atoms with van der Waals surface area (Å²) >= 11 is 0. The number of piperidine rings is 1. The molecule has 2 atom stereocenters. The van der Waals surface area contributed by atoms with E-state index in [4.69, 9.17) is 5.73 Å². The molecule has 0 aliphatic carbocycles. The van der Waals surface area contributed by atoms with Crippen LogP contribution in [0.2, 0.25) is 0 Å². The molecular weight excluding hydrogens is 178 g/mol. The second-order valence-electron chi connectivity index (χ2n) is 4.07. The largest absolute Gasteiger partial charge is 0.358 e. The highest BCUT2D eigenvalue weighted by Gasteiger charge is 2.28. The van der Waals surface area contributed by atoms with Crippen LogP contribution in [0.15, 0.2) is 0 Å². The van der Waals surface area contributed by atoms with Crippen molar-refractivity contribution in [1.29, 1.82) is 0 Å². The molecule has 0 saturated carbocycles. The van der Waals surface area contributed by atoms with Gasteiger partial charge in [-0.2, -0.15) is 0 Å². The van der Waals surface area contributed by atoms with Crippen molar-refractivity contribution in [1.82, 2.24) is 10.2 Å². The van der Waals surface area contributed by atoms with Crippen molar-refractivity contribution in [2.24, 2.45) is 11.7 Å². The Morgan fingerprint density at radius 1 is 1.64 bits per heavy atom. The second kappa shape index (κ2) is 5.32. The van der Waals surface area contributed by atoms with Gasteiger partial charge < -0.3 is 11.1 Å². The SMILES string of the molecule is CNC(=O)CN1CCCC(C)C1CN. The fourth-order valence-corrected chi connectivity index (χ4v) is 2.18. The summed E-state index contributed by atoms with van der Waals surface area (Å²) in [7, 11) is 1.67. The first-order valence-corrected chi connectivity index (χ1v) is 5.33. The van der Waals surface area contributed by atoms with Crippen molar-refractivity contribution in [2.75, 3.05) is 26.7 Å². The van der Waals surface area contributed by atoms with Gasteiger partial charge in [-0.3, -0.25) is 9.69 Å². The molecule has 1 aliphatic heterocycles. The number of nitrogens with one attached hydrogen (secondary N) is 1. The number of rotatable bonds is 3. The molecule has 14 heavy (non-hydrogen) atoms. The first kappa shape index (κ1) is 11.5. The zero-order valence-corrected chi connectivity index (χ0v) is 9.12. The average Bonchev–Trinajstić information content (AvgIpc) is 2.18. The average molecular weight is 199 g/mol. The van der Waals surface area contributed by atoms with Crippen molar-refractivity contribution < 1.29 is 4.79 Å². The zero-order chi connectivity index (χ0) is 10.6. The molecule has 0 aromatic carbocycles. The number of nitrogens with two attached hydrogens (primary N) is 1. The van der Waals surface area contributed by atoms with E-state index in [2.05, 4.69) is 17.1 Å². The number of likely N-dealkylation sites (tertiary alicyclic amines) is 1. The minimum absolute atomic E-state index is 0.0811. The summed E-state index contributed by atoms with van der Waals surface area (Å²) in [4.78, 5) is 13.5. The Morgan fingerprint density at radius 3 is 2.93 bits per heavy atom. The Hall–Kier alpha value is -0.610. The molecule has 0 spiro atoms. The molecule has 2 unspecified atom stereocenters. The van der Waals surface area contributed by atoms with E-state index in [1.807, 2.05) is 0 Å². The molecule has 1 aliphatic rings. The van der Waals surface area contributed by atoms with Gasteiger partial charge in [0.1, 0.15) is 0 Å². The topological polar surface area (TPSA) is 58.4 Å². The molecule has 0 aromatic heterocycles. The second-order valence-corrected chi connectivity index (χ2v) is 4.07. The van der Waals surface area contributed by atoms with Gasteiger partial charge in [-0.15, -0.1) is 0 Å². The predicted octanol–water partition coefficient (Wildman–Crippen LogP) is -0.208. The summed E-state index contributed by atoms with van der Waals surface area (Å²) < 4.78 is 0. The molecule has 1 amide bonds. The van der Waals surface area contributed by atoms with Crippen molar-refractivity contribution in [3.8, 4) is 0 Å². The Bertz CT molecular complexity index is 196. The van der Waals surface area contributed by atoms with E-state index in [1.165, 1.54) is 12.8 Å². The van der Waals surface area contributed by atoms with Crippen LogP contribution in [-0.2, 0) is 4.79 Å². The lowest BCUT2D eigenvalue weighted by atomic mass is 9.91. The van der Waals surface area contributed by atoms with Crippen LogP contribution in [0.5, 0.6) is 0 Å². The maximum atomic E-state index is 11.3. The summed E-state index contributed by atoms with van der Waals surface area (Å²) in [6.45, 7) is 4.36. The number of nitrogens with zero attached hydrogens (tertiary/aromatic N) is 1. The fraction of sp³-hybridized carbons (Fsp3) is 0.900. The highest BCUT2D eigenvalue weighted by Crippen LogP contribution is 2.21. The molecule has 1 saturated heterocycles. The smallest absolute Gasteiger partial charge is 0.233 e. The van der Waals surface area contributed by atoms with E-state index in [-0.39, 0.29) is 5.91 Å². The summed E-state index contributed by atoms with van der Waals surface area (Å²) in [6, 6.07) is 0.376. The van der Waals surface area contributed by atoms with E-state index >= 15 is 0 Å². The van der Waals surface area contributed by atoms with E-state index < -0.39 is 0 Å². The highest BCUT2D eigenvalue weighted by atomic mass is 16.1. The predicted molar refractivity (Wildman–Crippen MR) is 56.9 cm³/mol. The first-order chi connectivity index (χ1) is 6.69. The molecular formula is C10H21N3O. The lowest BCUT2D eigenvalue weighted by molar-refractivity contribution is -0.122. The number of carbonyl (C=O) groups is 1. The number of likely N-dealkylation sites (N-methyl/N-ethyl adjacent to an activating group) is 1. The van der Waals surface area contributed by atoms with Crippen LogP contribution in [0.3, 0.4) is 0 Å². The van der Waals surface area contributed by atoms with Gasteiger partial charge in [0.2, 0.25) is 5.91 Å². The third kappa shape index (κ3) is 2.69. The van der Waals surface area contributed by atoms with Crippen LogP contribution in [0.25, 0.3) is 0 Å². The summed E-state index contributed by atoms with van der Waals surface area (Å²) in [5.74, 6) is 0.691. The maximum absolute atomic E-state index is 11.3. The van der Waals surface area contributed by atoms with Gasteiger partial charge in [0, 0.05) is 19.6 Å². The van der Waals surface area contributed by atoms with E-state index in [0.717, 1.165) is 6.54 Å². The number of hydrogen-bond donors (Lipinski definition) is 2. The van der Waals surface area contributed by atoms with Gasteiger partial charge in [-0.25, -0.2) is 0 Å². The molecule has 1 fully saturated rings. The molecule has 3 N–H and O–H groups in total. The van der Waals surface area contributed by atoms with Crippen LogP contribution >= 0.6 is 0 Å². The Balaban J connectivity index is 2.51. The molecule has 1 heterocycles. The molecule has 0 bridgehead atoms. The highest BCUT2D eigenvalue weighted by molar-refractivity contribution is 5.77. The summed E-state index contributed by atoms with van der Waals surface area (Å²) in [5, 5.41) is 2.65. The number of amides is 1. The van der Waals surface area contributed by atoms with Gasteiger partial charge >= 0.3 is 0 Å². The maximum Gasteiger partial charge on any atom is 0.233 e. The fourth-order valence-electron chi connectivity index (χ4n) is 2.18. The molecule has 0 radical (unpaired) electrons. The third-order valence-electron chi connectivity index (χ3n) is 3.10. The molecule has 4 heteroatoms. The minimum Gasteiger partial charge on any atom is -0.358 e. The van der Waals surface area contributed by atoms with Crippen LogP contribution in [-0.4, -0.2) is 43.5 Å². The van der Waals surface area contributed by atoms with Crippen LogP contribution in [0.4, 0.5) is 0 Å². The molecule has 82 valence electrons. The van der Waals surface area contributed by atoms with Gasteiger partial charge in [0.25, 0.3) is 0 Å². The van der Waals surface area contributed by atoms with Gasteiger partial charge in [-0.1, -0.05) is 6.92 Å². The monoisotopic (exact) mass is 199 g/mol. The van der Waals surface area contributed by atoms with Crippen LogP contribution in [0, 0.1) is 5.92 Å². The van der Waals surface area contributed by atoms with Crippen LogP contribution in [0.1, 0.15) is 19.8 Å². The molecule has 0 aromatic rings. The molecule has 1 rings (SSSR count). The van der Waals surface area contributed by atoms with Crippen LogP contribution < -0.4 is 11.1 Å². The van der Waals surface area contributed by atoms with Crippen molar-refractivity contribution in [2.45, 2.75) is 25.8 Å². The normalized spacial score (nSPS) is 28.8. The van der Waals surface area contributed by atoms with Crippen molar-refractivity contribution >= 4 is 5.91 Å². The van der Waals surface area contributed by atoms with E-state index in [9.17, 15) is 4.79 Å². The number of carbonyl (C=O) groups excluding carboxylic acids is 1. The summed E-state index contributed by atoms with van der Waals surface area (Å²) in [6.07, 6.45) is 2.40. The quantitative estimate of drug-likeness (QED) is 0.661. The Labute approximate surface area is 85.8 Å². The summed E-state index contributed by atoms with van der Waals surface area (Å²) in [5.41, 5.74) is 5.73. The third-order valence-corrected chi connectivity index (χ3v) is 3.10. The molecule has 4 nitrogen and oxygen atoms in total. The Kier molecular flexibility index (Phi) is 4.35. The van der Waals surface area contributed by atoms with E-state index in [0.29, 0.717) is 25.0 Å². The lowest BCUT2D eigenvalue weighted by Crippen LogP contribution is -2.51. The number of hydrogen-bond acceptors (Lipinski definition) is 3. The lowest BCUT2D eigenvalue weighted by Gasteiger charge is -2.38. The Morgan fingerprint density at radius 2 is 2.36 bits per heavy atom. The zero-order valence-electron chi connectivity index (χ0n) is 9.12. The van der Waals surface area contributed by atoms with Gasteiger partial charge in [0.05, 0.1) is 6.54 Å². The van der Waals surface area contributed by atoms with Gasteiger partial charge in [-0.05, 0) is 25.3 Å². The standard InChI is InChI=1S/C10H21N3O/c1-8-4-3-5-13(9(8)6-11)7-10(14)12-2/h8-9H,3-7,11H2,1-2H3,(H,12,14). The van der Waals surface area contributed by atoms with Crippen molar-refractivity contribution in [3.63, 3.8) is 0 Å². The van der Waals surface area contributed by atoms with E-state index in [1.54, 1.807) is 7.05 Å². The minimum atomic E-state index is 0.0811. The van der Waals surface area contributed by atoms with Gasteiger partial charge in [0.15, 0.2) is 0 Å².